The Hall–Kier alpha value is -1.07. The van der Waals surface area contributed by atoms with Crippen LogP contribution in [0.1, 0.15) is 12.0 Å². The zero-order valence-electron chi connectivity index (χ0n) is 9.04. The van der Waals surface area contributed by atoms with E-state index in [1.165, 1.54) is 6.07 Å². The SMILES string of the molecule is CN(CCC(N)=S)Cc1cccc(F)c1F. The van der Waals surface area contributed by atoms with Gasteiger partial charge in [0.05, 0.1) is 4.99 Å². The van der Waals surface area contributed by atoms with Crippen molar-refractivity contribution in [2.45, 2.75) is 13.0 Å². The second-order valence-electron chi connectivity index (χ2n) is 3.67. The number of nitrogens with zero attached hydrogens (tertiary/aromatic N) is 1. The van der Waals surface area contributed by atoms with Crippen LogP contribution < -0.4 is 5.73 Å². The summed E-state index contributed by atoms with van der Waals surface area (Å²) in [5.74, 6) is -1.61. The number of halogens is 2. The summed E-state index contributed by atoms with van der Waals surface area (Å²) < 4.78 is 26.2. The lowest BCUT2D eigenvalue weighted by molar-refractivity contribution is 0.328. The Morgan fingerprint density at radius 3 is 2.75 bits per heavy atom. The third-order valence-corrected chi connectivity index (χ3v) is 2.42. The summed E-state index contributed by atoms with van der Waals surface area (Å²) in [6.45, 7) is 0.970. The van der Waals surface area contributed by atoms with E-state index in [0.29, 0.717) is 30.1 Å². The van der Waals surface area contributed by atoms with Crippen LogP contribution in [0.5, 0.6) is 0 Å². The second-order valence-corrected chi connectivity index (χ2v) is 4.19. The highest BCUT2D eigenvalue weighted by molar-refractivity contribution is 7.80. The number of rotatable bonds is 5. The van der Waals surface area contributed by atoms with Crippen molar-refractivity contribution in [2.75, 3.05) is 13.6 Å². The minimum Gasteiger partial charge on any atom is -0.393 e. The van der Waals surface area contributed by atoms with Crippen molar-refractivity contribution in [2.24, 2.45) is 5.73 Å². The predicted molar refractivity (Wildman–Crippen MR) is 64.1 cm³/mol. The van der Waals surface area contributed by atoms with Gasteiger partial charge in [0.2, 0.25) is 0 Å². The van der Waals surface area contributed by atoms with Gasteiger partial charge < -0.3 is 10.6 Å². The van der Waals surface area contributed by atoms with Crippen LogP contribution in [0.15, 0.2) is 18.2 Å². The molecule has 1 aromatic carbocycles. The molecule has 0 bridgehead atoms. The van der Waals surface area contributed by atoms with Gasteiger partial charge in [-0.05, 0) is 13.1 Å². The average molecular weight is 244 g/mol. The number of hydrogen-bond donors (Lipinski definition) is 1. The van der Waals surface area contributed by atoms with Crippen LogP contribution in [0, 0.1) is 11.6 Å². The third kappa shape index (κ3) is 3.83. The minimum atomic E-state index is -0.819. The van der Waals surface area contributed by atoms with Gasteiger partial charge in [-0.25, -0.2) is 8.78 Å². The molecule has 0 spiro atoms. The van der Waals surface area contributed by atoms with Crippen LogP contribution in [0.25, 0.3) is 0 Å². The highest BCUT2D eigenvalue weighted by Gasteiger charge is 2.09. The van der Waals surface area contributed by atoms with E-state index in [4.69, 9.17) is 18.0 Å². The third-order valence-electron chi connectivity index (χ3n) is 2.21. The van der Waals surface area contributed by atoms with E-state index >= 15 is 0 Å². The molecule has 0 aliphatic heterocycles. The summed E-state index contributed by atoms with van der Waals surface area (Å²) in [5, 5.41) is 0. The van der Waals surface area contributed by atoms with E-state index in [1.54, 1.807) is 6.07 Å². The molecule has 0 heterocycles. The fourth-order valence-electron chi connectivity index (χ4n) is 1.34. The molecule has 5 heteroatoms. The largest absolute Gasteiger partial charge is 0.393 e. The molecule has 0 radical (unpaired) electrons. The van der Waals surface area contributed by atoms with Crippen molar-refractivity contribution in [1.29, 1.82) is 0 Å². The van der Waals surface area contributed by atoms with E-state index in [0.717, 1.165) is 6.07 Å². The van der Waals surface area contributed by atoms with Crippen molar-refractivity contribution < 1.29 is 8.78 Å². The highest BCUT2D eigenvalue weighted by Crippen LogP contribution is 2.13. The maximum absolute atomic E-state index is 13.3. The molecule has 2 nitrogen and oxygen atoms in total. The molecule has 0 aromatic heterocycles. The molecule has 0 fully saturated rings. The molecule has 16 heavy (non-hydrogen) atoms. The van der Waals surface area contributed by atoms with Gasteiger partial charge in [0, 0.05) is 25.1 Å². The van der Waals surface area contributed by atoms with Crippen LogP contribution >= 0.6 is 12.2 Å². The highest BCUT2D eigenvalue weighted by atomic mass is 32.1. The lowest BCUT2D eigenvalue weighted by Crippen LogP contribution is -2.24. The Labute approximate surface area is 99.0 Å². The molecule has 0 amide bonds. The number of hydrogen-bond acceptors (Lipinski definition) is 2. The molecule has 88 valence electrons. The van der Waals surface area contributed by atoms with Gasteiger partial charge in [0.15, 0.2) is 11.6 Å². The summed E-state index contributed by atoms with van der Waals surface area (Å²) in [6, 6.07) is 4.17. The first-order chi connectivity index (χ1) is 7.50. The van der Waals surface area contributed by atoms with Crippen LogP contribution in [-0.4, -0.2) is 23.5 Å². The molecular formula is C11H14F2N2S. The molecule has 0 aliphatic rings. The molecule has 1 rings (SSSR count). The summed E-state index contributed by atoms with van der Waals surface area (Å²) in [4.78, 5) is 2.27. The van der Waals surface area contributed by atoms with Crippen molar-refractivity contribution in [3.63, 3.8) is 0 Å². The number of thiocarbonyl (C=S) groups is 1. The molecule has 0 aliphatic carbocycles. The van der Waals surface area contributed by atoms with E-state index in [9.17, 15) is 8.78 Å². The van der Waals surface area contributed by atoms with Gasteiger partial charge in [-0.15, -0.1) is 0 Å². The van der Waals surface area contributed by atoms with Gasteiger partial charge in [0.1, 0.15) is 0 Å². The molecule has 0 saturated carbocycles. The van der Waals surface area contributed by atoms with Gasteiger partial charge >= 0.3 is 0 Å². The summed E-state index contributed by atoms with van der Waals surface area (Å²) in [7, 11) is 1.81. The maximum Gasteiger partial charge on any atom is 0.163 e. The number of benzene rings is 1. The quantitative estimate of drug-likeness (QED) is 0.804. The van der Waals surface area contributed by atoms with Crippen LogP contribution in [0.3, 0.4) is 0 Å². The van der Waals surface area contributed by atoms with Gasteiger partial charge in [-0.1, -0.05) is 24.4 Å². The van der Waals surface area contributed by atoms with Gasteiger partial charge in [-0.2, -0.15) is 0 Å². The normalized spacial score (nSPS) is 10.8. The molecule has 0 atom stereocenters. The zero-order valence-corrected chi connectivity index (χ0v) is 9.86. The molecule has 1 aromatic rings. The first kappa shape index (κ1) is 13.0. The molecule has 0 saturated heterocycles. The first-order valence-corrected chi connectivity index (χ1v) is 5.31. The zero-order chi connectivity index (χ0) is 12.1. The predicted octanol–water partition coefficient (Wildman–Crippen LogP) is 2.07. The Balaban J connectivity index is 2.59. The fourth-order valence-corrected chi connectivity index (χ4v) is 1.43. The van der Waals surface area contributed by atoms with Crippen LogP contribution in [-0.2, 0) is 6.54 Å². The van der Waals surface area contributed by atoms with Crippen molar-refractivity contribution >= 4 is 17.2 Å². The molecular weight excluding hydrogens is 230 g/mol. The Bertz CT molecular complexity index is 382. The van der Waals surface area contributed by atoms with Crippen molar-refractivity contribution in [3.8, 4) is 0 Å². The maximum atomic E-state index is 13.3. The lowest BCUT2D eigenvalue weighted by atomic mass is 10.2. The summed E-state index contributed by atoms with van der Waals surface area (Å²) >= 11 is 4.74. The van der Waals surface area contributed by atoms with Crippen molar-refractivity contribution in [1.82, 2.24) is 4.90 Å². The standard InChI is InChI=1S/C11H14F2N2S/c1-15(6-5-10(14)16)7-8-3-2-4-9(12)11(8)13/h2-4H,5-7H2,1H3,(H2,14,16). The Morgan fingerprint density at radius 2 is 2.12 bits per heavy atom. The topological polar surface area (TPSA) is 29.3 Å². The summed E-state index contributed by atoms with van der Waals surface area (Å²) in [5.41, 5.74) is 5.70. The smallest absolute Gasteiger partial charge is 0.163 e. The molecule has 2 N–H and O–H groups in total. The minimum absolute atomic E-state index is 0.338. The first-order valence-electron chi connectivity index (χ1n) is 4.90. The van der Waals surface area contributed by atoms with Crippen LogP contribution in [0.2, 0.25) is 0 Å². The van der Waals surface area contributed by atoms with Crippen LogP contribution in [0.4, 0.5) is 8.78 Å². The van der Waals surface area contributed by atoms with E-state index < -0.39 is 11.6 Å². The van der Waals surface area contributed by atoms with E-state index in [2.05, 4.69) is 0 Å². The van der Waals surface area contributed by atoms with E-state index in [-0.39, 0.29) is 0 Å². The van der Waals surface area contributed by atoms with Gasteiger partial charge in [0.25, 0.3) is 0 Å². The van der Waals surface area contributed by atoms with Gasteiger partial charge in [-0.3, -0.25) is 0 Å². The van der Waals surface area contributed by atoms with E-state index in [1.807, 2.05) is 11.9 Å². The Kier molecular flexibility index (Phi) is 4.76. The Morgan fingerprint density at radius 1 is 1.44 bits per heavy atom. The fraction of sp³-hybridized carbons (Fsp3) is 0.364. The molecule has 0 unspecified atom stereocenters. The van der Waals surface area contributed by atoms with Crippen molar-refractivity contribution in [3.05, 3.63) is 35.4 Å². The lowest BCUT2D eigenvalue weighted by Gasteiger charge is -2.16. The second kappa shape index (κ2) is 5.86. The average Bonchev–Trinajstić information content (AvgIpc) is 2.22. The number of nitrogens with two attached hydrogens (primary N) is 1. The monoisotopic (exact) mass is 244 g/mol. The summed E-state index contributed by atoms with van der Waals surface area (Å²) in [6.07, 6.45) is 0.572.